The Morgan fingerprint density at radius 1 is 1.58 bits per heavy atom. The van der Waals surface area contributed by atoms with E-state index in [4.69, 9.17) is 5.11 Å². The van der Waals surface area contributed by atoms with Crippen LogP contribution in [0.4, 0.5) is 5.00 Å². The van der Waals surface area contributed by atoms with Crippen molar-refractivity contribution < 1.29 is 19.6 Å². The van der Waals surface area contributed by atoms with Gasteiger partial charge in [-0.05, 0) is 6.92 Å². The molecule has 19 heavy (non-hydrogen) atoms. The van der Waals surface area contributed by atoms with Crippen molar-refractivity contribution in [2.24, 2.45) is 0 Å². The summed E-state index contributed by atoms with van der Waals surface area (Å²) in [7, 11) is 0. The maximum Gasteiger partial charge on any atom is 0.327 e. The molecule has 0 radical (unpaired) electrons. The fourth-order valence-corrected chi connectivity index (χ4v) is 3.69. The first-order chi connectivity index (χ1) is 8.91. The SMILES string of the molecule is CC1SCC(C(=O)O)N1C(=O)c1csc([N+](=O)[O-])c1. The quantitative estimate of drug-likeness (QED) is 0.673. The van der Waals surface area contributed by atoms with Gasteiger partial charge < -0.3 is 10.0 Å². The zero-order valence-electron chi connectivity index (χ0n) is 9.81. The Bertz CT molecular complexity index is 544. The summed E-state index contributed by atoms with van der Waals surface area (Å²) in [5.74, 6) is -1.21. The Labute approximate surface area is 116 Å². The summed E-state index contributed by atoms with van der Waals surface area (Å²) in [5.41, 5.74) is 0.164. The van der Waals surface area contributed by atoms with E-state index in [0.29, 0.717) is 5.75 Å². The van der Waals surface area contributed by atoms with Crippen molar-refractivity contribution >= 4 is 40.0 Å². The second-order valence-electron chi connectivity index (χ2n) is 3.93. The van der Waals surface area contributed by atoms with Gasteiger partial charge in [0.15, 0.2) is 0 Å². The van der Waals surface area contributed by atoms with Gasteiger partial charge in [0.25, 0.3) is 5.91 Å². The monoisotopic (exact) mass is 302 g/mol. The van der Waals surface area contributed by atoms with Gasteiger partial charge in [0.1, 0.15) is 6.04 Å². The van der Waals surface area contributed by atoms with E-state index in [1.54, 1.807) is 6.92 Å². The lowest BCUT2D eigenvalue weighted by Crippen LogP contribution is -2.44. The normalized spacial score (nSPS) is 22.5. The van der Waals surface area contributed by atoms with E-state index in [1.165, 1.54) is 28.1 Å². The van der Waals surface area contributed by atoms with Crippen LogP contribution in [0.15, 0.2) is 11.4 Å². The molecular weight excluding hydrogens is 292 g/mol. The van der Waals surface area contributed by atoms with Gasteiger partial charge in [-0.25, -0.2) is 4.79 Å². The third-order valence-corrected chi connectivity index (χ3v) is 4.85. The van der Waals surface area contributed by atoms with E-state index in [9.17, 15) is 19.7 Å². The topological polar surface area (TPSA) is 101 Å². The lowest BCUT2D eigenvalue weighted by molar-refractivity contribution is -0.380. The highest BCUT2D eigenvalue weighted by Crippen LogP contribution is 2.32. The molecule has 2 atom stereocenters. The molecule has 0 aromatic carbocycles. The maximum atomic E-state index is 12.2. The summed E-state index contributed by atoms with van der Waals surface area (Å²) >= 11 is 2.23. The Morgan fingerprint density at radius 3 is 2.79 bits per heavy atom. The lowest BCUT2D eigenvalue weighted by Gasteiger charge is -2.24. The van der Waals surface area contributed by atoms with Crippen molar-refractivity contribution in [1.82, 2.24) is 4.90 Å². The molecular formula is C10H10N2O5S2. The first kappa shape index (κ1) is 13.8. The summed E-state index contributed by atoms with van der Waals surface area (Å²) < 4.78 is 0. The van der Waals surface area contributed by atoms with E-state index in [-0.39, 0.29) is 15.9 Å². The van der Waals surface area contributed by atoms with Crippen LogP contribution in [0.2, 0.25) is 0 Å². The average Bonchev–Trinajstić information content (AvgIpc) is 2.94. The number of hydrogen-bond acceptors (Lipinski definition) is 6. The summed E-state index contributed by atoms with van der Waals surface area (Å²) in [5, 5.41) is 20.7. The molecule has 1 aromatic heterocycles. The molecule has 0 aliphatic carbocycles. The summed E-state index contributed by atoms with van der Waals surface area (Å²) in [6.45, 7) is 1.74. The van der Waals surface area contributed by atoms with Gasteiger partial charge in [-0.1, -0.05) is 11.3 Å². The molecule has 1 amide bonds. The smallest absolute Gasteiger partial charge is 0.327 e. The van der Waals surface area contributed by atoms with E-state index in [2.05, 4.69) is 0 Å². The number of nitrogens with zero attached hydrogens (tertiary/aromatic N) is 2. The number of thiophene rings is 1. The van der Waals surface area contributed by atoms with Crippen molar-refractivity contribution in [1.29, 1.82) is 0 Å². The van der Waals surface area contributed by atoms with Crippen LogP contribution in [0.3, 0.4) is 0 Å². The van der Waals surface area contributed by atoms with E-state index in [0.717, 1.165) is 11.3 Å². The number of rotatable bonds is 3. The number of carbonyl (C=O) groups is 2. The van der Waals surface area contributed by atoms with Gasteiger partial charge >= 0.3 is 11.0 Å². The van der Waals surface area contributed by atoms with Crippen LogP contribution in [-0.2, 0) is 4.79 Å². The van der Waals surface area contributed by atoms with Crippen LogP contribution >= 0.6 is 23.1 Å². The zero-order chi connectivity index (χ0) is 14.2. The molecule has 7 nitrogen and oxygen atoms in total. The second kappa shape index (κ2) is 5.17. The van der Waals surface area contributed by atoms with Crippen LogP contribution < -0.4 is 0 Å². The van der Waals surface area contributed by atoms with Crippen molar-refractivity contribution in [2.45, 2.75) is 18.3 Å². The predicted molar refractivity (Wildman–Crippen MR) is 70.5 cm³/mol. The third-order valence-electron chi connectivity index (χ3n) is 2.75. The highest BCUT2D eigenvalue weighted by molar-refractivity contribution is 8.00. The number of aliphatic carboxylic acids is 1. The van der Waals surface area contributed by atoms with Crippen LogP contribution in [0.5, 0.6) is 0 Å². The second-order valence-corrected chi connectivity index (χ2v) is 6.17. The van der Waals surface area contributed by atoms with Crippen LogP contribution in [0.1, 0.15) is 17.3 Å². The number of hydrogen-bond donors (Lipinski definition) is 1. The molecule has 0 spiro atoms. The molecule has 9 heteroatoms. The molecule has 2 heterocycles. The van der Waals surface area contributed by atoms with Gasteiger partial charge in [-0.3, -0.25) is 14.9 Å². The first-order valence-corrected chi connectivity index (χ1v) is 7.24. The zero-order valence-corrected chi connectivity index (χ0v) is 11.4. The van der Waals surface area contributed by atoms with Gasteiger partial charge in [0, 0.05) is 17.2 Å². The Morgan fingerprint density at radius 2 is 2.26 bits per heavy atom. The maximum absolute atomic E-state index is 12.2. The summed E-state index contributed by atoms with van der Waals surface area (Å²) in [6, 6.07) is 0.299. The number of carboxylic acids is 1. The number of nitro groups is 1. The average molecular weight is 302 g/mol. The lowest BCUT2D eigenvalue weighted by atomic mass is 10.2. The molecule has 0 saturated carbocycles. The molecule has 0 bridgehead atoms. The molecule has 2 unspecified atom stereocenters. The fraction of sp³-hybridized carbons (Fsp3) is 0.400. The fourth-order valence-electron chi connectivity index (χ4n) is 1.82. The predicted octanol–water partition coefficient (Wildman–Crippen LogP) is 1.64. The molecule has 1 aromatic rings. The molecule has 1 aliphatic rings. The third kappa shape index (κ3) is 2.56. The van der Waals surface area contributed by atoms with Gasteiger partial charge in [-0.2, -0.15) is 0 Å². The minimum atomic E-state index is -1.06. The van der Waals surface area contributed by atoms with Gasteiger partial charge in [-0.15, -0.1) is 11.8 Å². The van der Waals surface area contributed by atoms with Crippen LogP contribution in [-0.4, -0.2) is 44.0 Å². The molecule has 102 valence electrons. The van der Waals surface area contributed by atoms with Crippen molar-refractivity contribution in [2.75, 3.05) is 5.75 Å². The highest BCUT2D eigenvalue weighted by atomic mass is 32.2. The van der Waals surface area contributed by atoms with Crippen LogP contribution in [0, 0.1) is 10.1 Å². The molecule has 1 fully saturated rings. The first-order valence-electron chi connectivity index (χ1n) is 5.32. The van der Waals surface area contributed by atoms with Crippen molar-refractivity contribution in [3.05, 3.63) is 27.1 Å². The van der Waals surface area contributed by atoms with Crippen molar-refractivity contribution in [3.8, 4) is 0 Å². The summed E-state index contributed by atoms with van der Waals surface area (Å²) in [6.07, 6.45) is 0. The Hall–Kier alpha value is -1.61. The standard InChI is InChI=1S/C10H10N2O5S2/c1-5-11(7(4-18-5)10(14)15)9(13)6-2-8(12(16)17)19-3-6/h2-3,5,7H,4H2,1H3,(H,14,15). The van der Waals surface area contributed by atoms with E-state index < -0.39 is 22.8 Å². The Kier molecular flexibility index (Phi) is 3.76. The number of carboxylic acid groups (broad SMARTS) is 1. The van der Waals surface area contributed by atoms with E-state index in [1.807, 2.05) is 0 Å². The number of thioether (sulfide) groups is 1. The number of carbonyl (C=O) groups excluding carboxylic acids is 1. The molecule has 1 N–H and O–H groups in total. The van der Waals surface area contributed by atoms with Crippen molar-refractivity contribution in [3.63, 3.8) is 0 Å². The van der Waals surface area contributed by atoms with Crippen LogP contribution in [0.25, 0.3) is 0 Å². The Balaban J connectivity index is 2.26. The highest BCUT2D eigenvalue weighted by Gasteiger charge is 2.40. The molecule has 1 aliphatic heterocycles. The largest absolute Gasteiger partial charge is 0.480 e. The minimum absolute atomic E-state index is 0.130. The van der Waals surface area contributed by atoms with Gasteiger partial charge in [0.05, 0.1) is 15.9 Å². The number of amides is 1. The van der Waals surface area contributed by atoms with Gasteiger partial charge in [0.2, 0.25) is 0 Å². The summed E-state index contributed by atoms with van der Waals surface area (Å²) in [4.78, 5) is 34.6. The molecule has 1 saturated heterocycles. The minimum Gasteiger partial charge on any atom is -0.480 e. The molecule has 2 rings (SSSR count). The van der Waals surface area contributed by atoms with E-state index >= 15 is 0 Å².